The molecule has 4 heteroatoms. The average Bonchev–Trinajstić information content (AvgIpc) is 2.58. The first-order chi connectivity index (χ1) is 11.4. The zero-order chi connectivity index (χ0) is 17.6. The van der Waals surface area contributed by atoms with Crippen LogP contribution in [0.25, 0.3) is 0 Å². The van der Waals surface area contributed by atoms with Crippen molar-refractivity contribution in [3.05, 3.63) is 65.7 Å². The van der Waals surface area contributed by atoms with Gasteiger partial charge < -0.3 is 5.32 Å². The summed E-state index contributed by atoms with van der Waals surface area (Å²) in [5.41, 5.74) is 6.67. The largest absolute Gasteiger partial charge is 0.376 e. The number of anilines is 1. The molecule has 0 saturated carbocycles. The molecule has 0 fully saturated rings. The fourth-order valence-corrected chi connectivity index (χ4v) is 2.20. The molecular weight excluding hydrogens is 298 g/mol. The summed E-state index contributed by atoms with van der Waals surface area (Å²) < 4.78 is 0. The van der Waals surface area contributed by atoms with Gasteiger partial charge in [-0.25, -0.2) is 5.43 Å². The lowest BCUT2D eigenvalue weighted by molar-refractivity contribution is -0.119. The van der Waals surface area contributed by atoms with Gasteiger partial charge in [0.15, 0.2) is 0 Å². The zero-order valence-electron chi connectivity index (χ0n) is 14.8. The Labute approximate surface area is 144 Å². The Balaban J connectivity index is 1.90. The molecule has 1 amide bonds. The van der Waals surface area contributed by atoms with Crippen LogP contribution >= 0.6 is 0 Å². The van der Waals surface area contributed by atoms with Crippen LogP contribution in [0.5, 0.6) is 0 Å². The average molecular weight is 323 g/mol. The summed E-state index contributed by atoms with van der Waals surface area (Å²) in [6.07, 6.45) is 0. The summed E-state index contributed by atoms with van der Waals surface area (Å²) in [5.74, 6) is -0.176. The van der Waals surface area contributed by atoms with Crippen LogP contribution in [0.3, 0.4) is 0 Å². The van der Waals surface area contributed by atoms with Gasteiger partial charge in [0.1, 0.15) is 0 Å². The molecule has 2 rings (SSSR count). The van der Waals surface area contributed by atoms with Gasteiger partial charge in [-0.1, -0.05) is 63.2 Å². The first-order valence-corrected chi connectivity index (χ1v) is 8.09. The van der Waals surface area contributed by atoms with Crippen molar-refractivity contribution in [3.8, 4) is 0 Å². The highest BCUT2D eigenvalue weighted by Gasteiger charge is 2.13. The van der Waals surface area contributed by atoms with Crippen LogP contribution in [0.2, 0.25) is 0 Å². The number of nitrogens with zero attached hydrogens (tertiary/aromatic N) is 1. The minimum atomic E-state index is -0.176. The van der Waals surface area contributed by atoms with Gasteiger partial charge in [0.25, 0.3) is 5.91 Å². The Morgan fingerprint density at radius 3 is 2.21 bits per heavy atom. The van der Waals surface area contributed by atoms with E-state index in [4.69, 9.17) is 0 Å². The number of rotatable bonds is 5. The molecule has 0 radical (unpaired) electrons. The number of para-hydroxylation sites is 1. The SMILES string of the molecule is C/C(=N\NC(=O)CNc1ccccc1)c1ccc(C(C)(C)C)cc1. The second-order valence-electron chi connectivity index (χ2n) is 6.78. The van der Waals surface area contributed by atoms with Crippen molar-refractivity contribution in [3.63, 3.8) is 0 Å². The predicted molar refractivity (Wildman–Crippen MR) is 100 cm³/mol. The van der Waals surface area contributed by atoms with Crippen LogP contribution in [0.4, 0.5) is 5.69 Å². The minimum absolute atomic E-state index is 0.126. The Kier molecular flexibility index (Phi) is 5.74. The molecule has 0 atom stereocenters. The van der Waals surface area contributed by atoms with Crippen molar-refractivity contribution in [1.82, 2.24) is 5.43 Å². The molecule has 2 aromatic carbocycles. The number of carbonyl (C=O) groups is 1. The van der Waals surface area contributed by atoms with E-state index in [-0.39, 0.29) is 17.9 Å². The monoisotopic (exact) mass is 323 g/mol. The van der Waals surface area contributed by atoms with E-state index in [0.29, 0.717) is 0 Å². The van der Waals surface area contributed by atoms with Gasteiger partial charge in [0, 0.05) is 5.69 Å². The van der Waals surface area contributed by atoms with E-state index in [1.54, 1.807) is 0 Å². The van der Waals surface area contributed by atoms with Gasteiger partial charge in [0.2, 0.25) is 0 Å². The van der Waals surface area contributed by atoms with Crippen molar-refractivity contribution in [2.45, 2.75) is 33.1 Å². The smallest absolute Gasteiger partial charge is 0.259 e. The van der Waals surface area contributed by atoms with E-state index in [1.165, 1.54) is 5.56 Å². The highest BCUT2D eigenvalue weighted by atomic mass is 16.2. The molecule has 126 valence electrons. The molecule has 4 nitrogen and oxygen atoms in total. The minimum Gasteiger partial charge on any atom is -0.376 e. The van der Waals surface area contributed by atoms with Gasteiger partial charge in [-0.2, -0.15) is 5.10 Å². The first kappa shape index (κ1) is 17.7. The van der Waals surface area contributed by atoms with Crippen molar-refractivity contribution >= 4 is 17.3 Å². The van der Waals surface area contributed by atoms with Crippen molar-refractivity contribution in [2.24, 2.45) is 5.10 Å². The van der Waals surface area contributed by atoms with Gasteiger partial charge in [-0.15, -0.1) is 0 Å². The second kappa shape index (κ2) is 7.77. The Morgan fingerprint density at radius 2 is 1.62 bits per heavy atom. The van der Waals surface area contributed by atoms with E-state index in [0.717, 1.165) is 17.0 Å². The number of benzene rings is 2. The molecule has 0 heterocycles. The summed E-state index contributed by atoms with van der Waals surface area (Å²) >= 11 is 0. The summed E-state index contributed by atoms with van der Waals surface area (Å²) in [7, 11) is 0. The van der Waals surface area contributed by atoms with E-state index >= 15 is 0 Å². The lowest BCUT2D eigenvalue weighted by atomic mass is 9.86. The lowest BCUT2D eigenvalue weighted by Gasteiger charge is -2.19. The zero-order valence-corrected chi connectivity index (χ0v) is 14.8. The van der Waals surface area contributed by atoms with Gasteiger partial charge in [-0.05, 0) is 35.6 Å². The molecule has 0 aliphatic carbocycles. The fraction of sp³-hybridized carbons (Fsp3) is 0.300. The topological polar surface area (TPSA) is 53.5 Å². The standard InChI is InChI=1S/C20H25N3O/c1-15(16-10-12-17(13-11-16)20(2,3)4)22-23-19(24)14-21-18-8-6-5-7-9-18/h5-13,21H,14H2,1-4H3,(H,23,24)/b22-15+. The highest BCUT2D eigenvalue weighted by Crippen LogP contribution is 2.22. The van der Waals surface area contributed by atoms with Crippen LogP contribution in [-0.2, 0) is 10.2 Å². The molecule has 0 saturated heterocycles. The van der Waals surface area contributed by atoms with Crippen LogP contribution in [0.1, 0.15) is 38.8 Å². The molecule has 0 bridgehead atoms. The van der Waals surface area contributed by atoms with E-state index < -0.39 is 0 Å². The van der Waals surface area contributed by atoms with E-state index in [9.17, 15) is 4.79 Å². The van der Waals surface area contributed by atoms with Crippen molar-refractivity contribution in [2.75, 3.05) is 11.9 Å². The highest BCUT2D eigenvalue weighted by molar-refractivity contribution is 5.99. The van der Waals surface area contributed by atoms with E-state index in [1.807, 2.05) is 49.4 Å². The summed E-state index contributed by atoms with van der Waals surface area (Å²) in [5, 5.41) is 7.23. The molecule has 2 N–H and O–H groups in total. The molecule has 24 heavy (non-hydrogen) atoms. The number of carbonyl (C=O) groups excluding carboxylic acids is 1. The van der Waals surface area contributed by atoms with Gasteiger partial charge in [0.05, 0.1) is 12.3 Å². The number of hydrazone groups is 1. The number of amides is 1. The lowest BCUT2D eigenvalue weighted by Crippen LogP contribution is -2.26. The molecule has 0 spiro atoms. The molecule has 0 aliphatic heterocycles. The van der Waals surface area contributed by atoms with Gasteiger partial charge >= 0.3 is 0 Å². The molecule has 0 unspecified atom stereocenters. The summed E-state index contributed by atoms with van der Waals surface area (Å²) in [4.78, 5) is 11.9. The Morgan fingerprint density at radius 1 is 1.00 bits per heavy atom. The van der Waals surface area contributed by atoms with Crippen molar-refractivity contribution in [1.29, 1.82) is 0 Å². The number of hydrogen-bond acceptors (Lipinski definition) is 3. The van der Waals surface area contributed by atoms with E-state index in [2.05, 4.69) is 48.7 Å². The van der Waals surface area contributed by atoms with Gasteiger partial charge in [-0.3, -0.25) is 4.79 Å². The predicted octanol–water partition coefficient (Wildman–Crippen LogP) is 3.94. The van der Waals surface area contributed by atoms with Crippen LogP contribution in [0, 0.1) is 0 Å². The van der Waals surface area contributed by atoms with Crippen molar-refractivity contribution < 1.29 is 4.79 Å². The van der Waals surface area contributed by atoms with Crippen LogP contribution < -0.4 is 10.7 Å². The van der Waals surface area contributed by atoms with Crippen LogP contribution in [-0.4, -0.2) is 18.2 Å². The number of hydrogen-bond donors (Lipinski definition) is 2. The fourth-order valence-electron chi connectivity index (χ4n) is 2.20. The normalized spacial score (nSPS) is 11.9. The second-order valence-corrected chi connectivity index (χ2v) is 6.78. The Hall–Kier alpha value is -2.62. The van der Waals surface area contributed by atoms with Crippen LogP contribution in [0.15, 0.2) is 59.7 Å². The third-order valence-corrected chi connectivity index (χ3v) is 3.74. The third kappa shape index (κ3) is 5.23. The maximum atomic E-state index is 11.9. The molecular formula is C20H25N3O. The summed E-state index contributed by atoms with van der Waals surface area (Å²) in [6.45, 7) is 8.62. The Bertz CT molecular complexity index is 698. The number of nitrogens with one attached hydrogen (secondary N) is 2. The molecule has 2 aromatic rings. The third-order valence-electron chi connectivity index (χ3n) is 3.74. The maximum Gasteiger partial charge on any atom is 0.259 e. The first-order valence-electron chi connectivity index (χ1n) is 8.09. The maximum absolute atomic E-state index is 11.9. The molecule has 0 aromatic heterocycles. The quantitative estimate of drug-likeness (QED) is 0.647. The summed E-state index contributed by atoms with van der Waals surface area (Å²) in [6, 6.07) is 17.9. The molecule has 0 aliphatic rings.